The first kappa shape index (κ1) is 18.7. The summed E-state index contributed by atoms with van der Waals surface area (Å²) in [5, 5.41) is 4.18. The molecule has 1 aliphatic rings. The van der Waals surface area contributed by atoms with Gasteiger partial charge in [-0.2, -0.15) is 0 Å². The number of benzene rings is 1. The molecule has 7 heteroatoms. The molecule has 1 aromatic heterocycles. The molecule has 2 aromatic rings. The number of hydrogen-bond acceptors (Lipinski definition) is 5. The molecule has 1 fully saturated rings. The molecular formula is C17H22ClN3O2S. The molecule has 1 aliphatic heterocycles. The molecule has 0 saturated carbocycles. The average molecular weight is 368 g/mol. The Bertz CT molecular complexity index is 669. The minimum atomic E-state index is 0. The standard InChI is InChI=1S/C17H21N3O2S.ClH/c1-20(13-7-9-18-10-8-13)17(21)15-11-19-16(23-15)12-3-5-14(22-2)6-4-12;/h3-6,11,13,18H,7-10H2,1-2H3;1H. The van der Waals surface area contributed by atoms with Crippen LogP contribution in [0.2, 0.25) is 0 Å². The monoisotopic (exact) mass is 367 g/mol. The summed E-state index contributed by atoms with van der Waals surface area (Å²) in [6, 6.07) is 8.04. The van der Waals surface area contributed by atoms with Gasteiger partial charge in [0, 0.05) is 18.7 Å². The minimum Gasteiger partial charge on any atom is -0.497 e. The fourth-order valence-electron chi connectivity index (χ4n) is 2.77. The molecule has 0 aliphatic carbocycles. The van der Waals surface area contributed by atoms with E-state index in [0.29, 0.717) is 10.9 Å². The Hall–Kier alpha value is -1.63. The van der Waals surface area contributed by atoms with Crippen molar-refractivity contribution in [1.29, 1.82) is 0 Å². The second kappa shape index (κ2) is 8.46. The van der Waals surface area contributed by atoms with Crippen molar-refractivity contribution in [1.82, 2.24) is 15.2 Å². The van der Waals surface area contributed by atoms with Gasteiger partial charge < -0.3 is 15.0 Å². The van der Waals surface area contributed by atoms with Crippen molar-refractivity contribution in [3.05, 3.63) is 35.3 Å². The number of nitrogens with zero attached hydrogens (tertiary/aromatic N) is 2. The van der Waals surface area contributed by atoms with Gasteiger partial charge in [0.1, 0.15) is 15.6 Å². The van der Waals surface area contributed by atoms with E-state index in [1.165, 1.54) is 11.3 Å². The van der Waals surface area contributed by atoms with Crippen LogP contribution in [-0.4, -0.2) is 49.1 Å². The van der Waals surface area contributed by atoms with Crippen LogP contribution in [0, 0.1) is 0 Å². The van der Waals surface area contributed by atoms with E-state index in [2.05, 4.69) is 10.3 Å². The van der Waals surface area contributed by atoms with Gasteiger partial charge in [-0.15, -0.1) is 23.7 Å². The van der Waals surface area contributed by atoms with E-state index in [9.17, 15) is 4.79 Å². The second-order valence-electron chi connectivity index (χ2n) is 5.66. The molecule has 2 heterocycles. The van der Waals surface area contributed by atoms with Crippen LogP contribution in [0.25, 0.3) is 10.6 Å². The fourth-order valence-corrected chi connectivity index (χ4v) is 3.68. The quantitative estimate of drug-likeness (QED) is 0.902. The average Bonchev–Trinajstić information content (AvgIpc) is 3.11. The molecule has 0 radical (unpaired) electrons. The normalized spacial score (nSPS) is 14.8. The topological polar surface area (TPSA) is 54.5 Å². The molecule has 0 bridgehead atoms. The first-order valence-electron chi connectivity index (χ1n) is 7.77. The molecule has 3 rings (SSSR count). The number of aromatic nitrogens is 1. The van der Waals surface area contributed by atoms with Crippen LogP contribution >= 0.6 is 23.7 Å². The number of ether oxygens (including phenoxy) is 1. The van der Waals surface area contributed by atoms with Crippen molar-refractivity contribution < 1.29 is 9.53 Å². The van der Waals surface area contributed by atoms with Crippen LogP contribution in [0.1, 0.15) is 22.5 Å². The SMILES string of the molecule is COc1ccc(-c2ncc(C(=O)N(C)C3CCNCC3)s2)cc1.Cl. The van der Waals surface area contributed by atoms with E-state index in [-0.39, 0.29) is 18.3 Å². The first-order chi connectivity index (χ1) is 11.2. The van der Waals surface area contributed by atoms with Crippen molar-refractivity contribution >= 4 is 29.7 Å². The molecule has 0 spiro atoms. The number of nitrogens with one attached hydrogen (secondary N) is 1. The predicted molar refractivity (Wildman–Crippen MR) is 99.3 cm³/mol. The smallest absolute Gasteiger partial charge is 0.265 e. The minimum absolute atomic E-state index is 0. The van der Waals surface area contributed by atoms with E-state index in [4.69, 9.17) is 4.74 Å². The van der Waals surface area contributed by atoms with Crippen molar-refractivity contribution in [2.45, 2.75) is 18.9 Å². The Morgan fingerprint density at radius 1 is 1.29 bits per heavy atom. The summed E-state index contributed by atoms with van der Waals surface area (Å²) in [7, 11) is 3.54. The van der Waals surface area contributed by atoms with Gasteiger partial charge in [-0.05, 0) is 50.2 Å². The zero-order chi connectivity index (χ0) is 16.2. The van der Waals surface area contributed by atoms with Crippen LogP contribution in [0.5, 0.6) is 5.75 Å². The van der Waals surface area contributed by atoms with Crippen LogP contribution in [0.15, 0.2) is 30.5 Å². The molecule has 0 atom stereocenters. The maximum atomic E-state index is 12.6. The number of hydrogen-bond donors (Lipinski definition) is 1. The zero-order valence-corrected chi connectivity index (χ0v) is 15.5. The number of piperidine rings is 1. The van der Waals surface area contributed by atoms with E-state index >= 15 is 0 Å². The number of amides is 1. The van der Waals surface area contributed by atoms with Gasteiger partial charge in [-0.1, -0.05) is 0 Å². The predicted octanol–water partition coefficient (Wildman–Crippen LogP) is 3.06. The summed E-state index contributed by atoms with van der Waals surface area (Å²) < 4.78 is 5.16. The maximum Gasteiger partial charge on any atom is 0.265 e. The highest BCUT2D eigenvalue weighted by Crippen LogP contribution is 2.28. The van der Waals surface area contributed by atoms with E-state index < -0.39 is 0 Å². The molecule has 1 N–H and O–H groups in total. The number of carbonyl (C=O) groups is 1. The molecule has 1 saturated heterocycles. The third-order valence-corrected chi connectivity index (χ3v) is 5.26. The molecule has 5 nitrogen and oxygen atoms in total. The molecule has 24 heavy (non-hydrogen) atoms. The lowest BCUT2D eigenvalue weighted by Gasteiger charge is -2.31. The highest BCUT2D eigenvalue weighted by atomic mass is 35.5. The Labute approximate surface area is 152 Å². The largest absolute Gasteiger partial charge is 0.497 e. The molecule has 130 valence electrons. The van der Waals surface area contributed by atoms with E-state index in [1.807, 2.05) is 36.2 Å². The maximum absolute atomic E-state index is 12.6. The molecular weight excluding hydrogens is 346 g/mol. The van der Waals surface area contributed by atoms with Gasteiger partial charge >= 0.3 is 0 Å². The van der Waals surface area contributed by atoms with Crippen LogP contribution in [0.4, 0.5) is 0 Å². The first-order valence-corrected chi connectivity index (χ1v) is 8.59. The van der Waals surface area contributed by atoms with Gasteiger partial charge in [-0.3, -0.25) is 4.79 Å². The van der Waals surface area contributed by atoms with E-state index in [0.717, 1.165) is 42.3 Å². The van der Waals surface area contributed by atoms with Crippen molar-refractivity contribution in [2.24, 2.45) is 0 Å². The lowest BCUT2D eigenvalue weighted by Crippen LogP contribution is -2.43. The highest BCUT2D eigenvalue weighted by molar-refractivity contribution is 7.16. The summed E-state index contributed by atoms with van der Waals surface area (Å²) >= 11 is 1.44. The molecule has 1 aromatic carbocycles. The molecule has 0 unspecified atom stereocenters. The van der Waals surface area contributed by atoms with Crippen molar-refractivity contribution in [2.75, 3.05) is 27.2 Å². The Morgan fingerprint density at radius 3 is 2.58 bits per heavy atom. The lowest BCUT2D eigenvalue weighted by molar-refractivity contribution is 0.0708. The number of halogens is 1. The highest BCUT2D eigenvalue weighted by Gasteiger charge is 2.24. The summed E-state index contributed by atoms with van der Waals surface area (Å²) in [5.41, 5.74) is 0.999. The Morgan fingerprint density at radius 2 is 1.96 bits per heavy atom. The number of methoxy groups -OCH3 is 1. The van der Waals surface area contributed by atoms with Crippen molar-refractivity contribution in [3.63, 3.8) is 0 Å². The summed E-state index contributed by atoms with van der Waals surface area (Å²) in [5.74, 6) is 0.876. The molecule has 1 amide bonds. The van der Waals surface area contributed by atoms with Crippen LogP contribution in [-0.2, 0) is 0 Å². The Kier molecular flexibility index (Phi) is 6.60. The van der Waals surface area contributed by atoms with Gasteiger partial charge in [0.05, 0.1) is 13.3 Å². The van der Waals surface area contributed by atoms with Crippen LogP contribution in [0.3, 0.4) is 0 Å². The summed E-state index contributed by atoms with van der Waals surface area (Å²) in [6.07, 6.45) is 3.70. The lowest BCUT2D eigenvalue weighted by atomic mass is 10.1. The van der Waals surface area contributed by atoms with Crippen LogP contribution < -0.4 is 10.1 Å². The Balaban J connectivity index is 0.00000208. The van der Waals surface area contributed by atoms with Gasteiger partial charge in [0.25, 0.3) is 5.91 Å². The summed E-state index contributed by atoms with van der Waals surface area (Å²) in [4.78, 5) is 19.6. The third kappa shape index (κ3) is 4.06. The fraction of sp³-hybridized carbons (Fsp3) is 0.412. The van der Waals surface area contributed by atoms with E-state index in [1.54, 1.807) is 13.3 Å². The number of thiazole rings is 1. The van der Waals surface area contributed by atoms with Gasteiger partial charge in [-0.25, -0.2) is 4.98 Å². The van der Waals surface area contributed by atoms with Gasteiger partial charge in [0.2, 0.25) is 0 Å². The second-order valence-corrected chi connectivity index (χ2v) is 6.69. The van der Waals surface area contributed by atoms with Crippen molar-refractivity contribution in [3.8, 4) is 16.3 Å². The van der Waals surface area contributed by atoms with Gasteiger partial charge in [0.15, 0.2) is 0 Å². The number of carbonyl (C=O) groups excluding carboxylic acids is 1. The number of rotatable bonds is 4. The summed E-state index contributed by atoms with van der Waals surface area (Å²) in [6.45, 7) is 1.95. The third-order valence-electron chi connectivity index (χ3n) is 4.23. The zero-order valence-electron chi connectivity index (χ0n) is 13.8.